The molecule has 2 amide bonds. The molecule has 2 saturated heterocycles. The van der Waals surface area contributed by atoms with Crippen molar-refractivity contribution in [2.24, 2.45) is 0 Å². The normalized spacial score (nSPS) is 23.0. The van der Waals surface area contributed by atoms with Crippen LogP contribution in [0.4, 0.5) is 10.5 Å². The Kier molecular flexibility index (Phi) is 4.61. The molecule has 10 heteroatoms. The van der Waals surface area contributed by atoms with E-state index in [0.29, 0.717) is 17.3 Å². The molecule has 4 rings (SSSR count). The monoisotopic (exact) mass is 410 g/mol. The van der Waals surface area contributed by atoms with Gasteiger partial charge in [-0.05, 0) is 18.2 Å². The summed E-state index contributed by atoms with van der Waals surface area (Å²) < 4.78 is 33.0. The van der Waals surface area contributed by atoms with Crippen molar-refractivity contribution in [3.05, 3.63) is 48.0 Å². The van der Waals surface area contributed by atoms with Crippen LogP contribution in [0.5, 0.6) is 0 Å². The smallest absolute Gasteiger partial charge is 0.322 e. The number of benzene rings is 1. The van der Waals surface area contributed by atoms with Crippen LogP contribution >= 0.6 is 11.6 Å². The summed E-state index contributed by atoms with van der Waals surface area (Å²) in [5, 5.41) is 2.67. The molecule has 8 nitrogen and oxygen atoms in total. The Bertz CT molecular complexity index is 942. The SMILES string of the molecule is O=C(Nc1cccc(Cl)c1)N1CC2(C1)CS(=O)(=O)[C@@H](Cn1ccnc1)CO2. The number of amides is 2. The first-order valence-corrected chi connectivity index (χ1v) is 10.6. The fourth-order valence-corrected chi connectivity index (χ4v) is 5.54. The molecule has 0 radical (unpaired) electrons. The van der Waals surface area contributed by atoms with Crippen LogP contribution in [0, 0.1) is 0 Å². The summed E-state index contributed by atoms with van der Waals surface area (Å²) in [6.07, 6.45) is 4.93. The van der Waals surface area contributed by atoms with Crippen LogP contribution in [0.1, 0.15) is 0 Å². The summed E-state index contributed by atoms with van der Waals surface area (Å²) in [5.74, 6) is -0.0830. The molecule has 1 atom stereocenters. The van der Waals surface area contributed by atoms with Crippen molar-refractivity contribution in [1.29, 1.82) is 0 Å². The van der Waals surface area contributed by atoms with Gasteiger partial charge in [0.05, 0.1) is 31.8 Å². The van der Waals surface area contributed by atoms with E-state index in [0.717, 1.165) is 0 Å². The van der Waals surface area contributed by atoms with E-state index in [1.807, 2.05) is 0 Å². The molecule has 144 valence electrons. The van der Waals surface area contributed by atoms with E-state index in [2.05, 4.69) is 10.3 Å². The number of aromatic nitrogens is 2. The van der Waals surface area contributed by atoms with Gasteiger partial charge in [-0.25, -0.2) is 18.2 Å². The third-order valence-electron chi connectivity index (χ3n) is 4.84. The van der Waals surface area contributed by atoms with E-state index < -0.39 is 20.7 Å². The highest BCUT2D eigenvalue weighted by molar-refractivity contribution is 7.92. The number of nitrogens with zero attached hydrogens (tertiary/aromatic N) is 3. The van der Waals surface area contributed by atoms with Crippen LogP contribution in [-0.2, 0) is 21.1 Å². The molecule has 1 spiro atoms. The standard InChI is InChI=1S/C17H19ClN4O4S/c18-13-2-1-3-14(6-13)20-16(23)22-9-17(10-22)11-27(24,25)15(8-26-17)7-21-5-4-19-12-21/h1-6,12,15H,7-11H2,(H,20,23)/t15-/m0/s1. The van der Waals surface area contributed by atoms with Crippen LogP contribution in [0.3, 0.4) is 0 Å². The van der Waals surface area contributed by atoms with Crippen molar-refractivity contribution in [3.63, 3.8) is 0 Å². The number of carbonyl (C=O) groups is 1. The molecule has 0 bridgehead atoms. The van der Waals surface area contributed by atoms with Crippen molar-refractivity contribution in [2.75, 3.05) is 30.8 Å². The lowest BCUT2D eigenvalue weighted by Gasteiger charge is -2.51. The lowest BCUT2D eigenvalue weighted by atomic mass is 9.96. The lowest BCUT2D eigenvalue weighted by molar-refractivity contribution is -0.117. The molecule has 3 heterocycles. The van der Waals surface area contributed by atoms with Crippen LogP contribution in [0.15, 0.2) is 43.0 Å². The molecule has 2 aliphatic rings. The van der Waals surface area contributed by atoms with Crippen molar-refractivity contribution in [3.8, 4) is 0 Å². The first-order chi connectivity index (χ1) is 12.9. The summed E-state index contributed by atoms with van der Waals surface area (Å²) in [4.78, 5) is 17.8. The van der Waals surface area contributed by atoms with E-state index in [1.54, 1.807) is 47.6 Å². The summed E-state index contributed by atoms with van der Waals surface area (Å²) in [7, 11) is -3.33. The molecule has 27 heavy (non-hydrogen) atoms. The number of likely N-dealkylation sites (tertiary alicyclic amines) is 1. The molecule has 2 aromatic rings. The second-order valence-electron chi connectivity index (χ2n) is 6.98. The lowest BCUT2D eigenvalue weighted by Crippen LogP contribution is -2.71. The van der Waals surface area contributed by atoms with E-state index in [9.17, 15) is 13.2 Å². The summed E-state index contributed by atoms with van der Waals surface area (Å²) in [6, 6.07) is 6.55. The average molecular weight is 411 g/mol. The Balaban J connectivity index is 1.35. The van der Waals surface area contributed by atoms with Gasteiger partial charge in [0.15, 0.2) is 9.84 Å². The molecule has 1 aromatic carbocycles. The van der Waals surface area contributed by atoms with Crippen LogP contribution in [0.2, 0.25) is 5.02 Å². The Labute approximate surface area is 162 Å². The highest BCUT2D eigenvalue weighted by Gasteiger charge is 2.53. The Morgan fingerprint density at radius 2 is 2.22 bits per heavy atom. The molecule has 1 N–H and O–H groups in total. The molecular formula is C17H19ClN4O4S. The van der Waals surface area contributed by atoms with Gasteiger partial charge in [-0.1, -0.05) is 17.7 Å². The van der Waals surface area contributed by atoms with E-state index in [-0.39, 0.29) is 31.5 Å². The van der Waals surface area contributed by atoms with Crippen molar-refractivity contribution in [1.82, 2.24) is 14.5 Å². The van der Waals surface area contributed by atoms with Crippen molar-refractivity contribution in [2.45, 2.75) is 17.4 Å². The molecule has 0 aliphatic carbocycles. The average Bonchev–Trinajstić information content (AvgIpc) is 3.07. The molecule has 2 aliphatic heterocycles. The summed E-state index contributed by atoms with van der Waals surface area (Å²) in [6.45, 7) is 0.925. The van der Waals surface area contributed by atoms with E-state index in [4.69, 9.17) is 16.3 Å². The quantitative estimate of drug-likeness (QED) is 0.830. The van der Waals surface area contributed by atoms with Crippen LogP contribution in [0.25, 0.3) is 0 Å². The molecule has 0 unspecified atom stereocenters. The number of sulfone groups is 1. The number of rotatable bonds is 3. The van der Waals surface area contributed by atoms with E-state index >= 15 is 0 Å². The zero-order valence-electron chi connectivity index (χ0n) is 14.4. The van der Waals surface area contributed by atoms with Crippen molar-refractivity contribution >= 4 is 33.2 Å². The van der Waals surface area contributed by atoms with Gasteiger partial charge in [-0.2, -0.15) is 0 Å². The largest absolute Gasteiger partial charge is 0.369 e. The third kappa shape index (κ3) is 3.80. The van der Waals surface area contributed by atoms with Crippen LogP contribution in [-0.4, -0.2) is 65.2 Å². The zero-order valence-corrected chi connectivity index (χ0v) is 16.0. The summed E-state index contributed by atoms with van der Waals surface area (Å²) >= 11 is 5.91. The maximum atomic E-state index is 12.7. The van der Waals surface area contributed by atoms with Gasteiger partial charge in [0.2, 0.25) is 0 Å². The number of halogens is 1. The fourth-order valence-electron chi connectivity index (χ4n) is 3.44. The number of urea groups is 1. The number of anilines is 1. The molecule has 1 aromatic heterocycles. The van der Waals surface area contributed by atoms with Gasteiger partial charge < -0.3 is 19.5 Å². The predicted molar refractivity (Wildman–Crippen MR) is 101 cm³/mol. The van der Waals surface area contributed by atoms with Gasteiger partial charge in [-0.15, -0.1) is 0 Å². The minimum Gasteiger partial charge on any atom is -0.369 e. The predicted octanol–water partition coefficient (Wildman–Crippen LogP) is 1.64. The minimum absolute atomic E-state index is 0.0830. The Morgan fingerprint density at radius 1 is 1.41 bits per heavy atom. The second kappa shape index (κ2) is 6.81. The maximum absolute atomic E-state index is 12.7. The van der Waals surface area contributed by atoms with Crippen LogP contribution < -0.4 is 5.32 Å². The highest BCUT2D eigenvalue weighted by atomic mass is 35.5. The molecule has 2 fully saturated rings. The highest BCUT2D eigenvalue weighted by Crippen LogP contribution is 2.33. The Hall–Kier alpha value is -2.10. The first kappa shape index (κ1) is 18.3. The number of nitrogens with one attached hydrogen (secondary N) is 1. The number of hydrogen-bond acceptors (Lipinski definition) is 5. The van der Waals surface area contributed by atoms with Crippen molar-refractivity contribution < 1.29 is 17.9 Å². The molecule has 0 saturated carbocycles. The van der Waals surface area contributed by atoms with Gasteiger partial charge in [0.25, 0.3) is 0 Å². The summed E-state index contributed by atoms with van der Waals surface area (Å²) in [5.41, 5.74) is -0.221. The Morgan fingerprint density at radius 3 is 2.89 bits per heavy atom. The number of carbonyl (C=O) groups excluding carboxylic acids is 1. The van der Waals surface area contributed by atoms with Gasteiger partial charge >= 0.3 is 6.03 Å². The number of hydrogen-bond donors (Lipinski definition) is 1. The maximum Gasteiger partial charge on any atom is 0.322 e. The van der Waals surface area contributed by atoms with Gasteiger partial charge in [0, 0.05) is 29.6 Å². The number of imidazole rings is 1. The zero-order chi connectivity index (χ0) is 19.1. The fraction of sp³-hybridized carbons (Fsp3) is 0.412. The molecular weight excluding hydrogens is 392 g/mol. The first-order valence-electron chi connectivity index (χ1n) is 8.48. The topological polar surface area (TPSA) is 93.5 Å². The third-order valence-corrected chi connectivity index (χ3v) is 7.31. The van der Waals surface area contributed by atoms with E-state index in [1.165, 1.54) is 4.90 Å². The minimum atomic E-state index is -3.33. The number of ether oxygens (including phenoxy) is 1. The second-order valence-corrected chi connectivity index (χ2v) is 9.70. The van der Waals surface area contributed by atoms with Gasteiger partial charge in [0.1, 0.15) is 10.9 Å². The van der Waals surface area contributed by atoms with Gasteiger partial charge in [-0.3, -0.25) is 0 Å².